The van der Waals surface area contributed by atoms with Crippen molar-refractivity contribution in [3.63, 3.8) is 0 Å². The number of pyridine rings is 1. The number of halogens is 3. The zero-order valence-electron chi connectivity index (χ0n) is 9.61. The van der Waals surface area contributed by atoms with Crippen molar-refractivity contribution in [3.8, 4) is 11.8 Å². The molecular weight excluding hydrogens is 267 g/mol. The number of carbonyl (C=O) groups excluding carboxylic acids is 1. The summed E-state index contributed by atoms with van der Waals surface area (Å²) in [5.41, 5.74) is 4.08. The summed E-state index contributed by atoms with van der Waals surface area (Å²) in [6.45, 7) is 1.49. The number of ether oxygens (including phenoxy) is 2. The smallest absolute Gasteiger partial charge is 0.462 e. The van der Waals surface area contributed by atoms with Crippen LogP contribution >= 0.6 is 0 Å². The van der Waals surface area contributed by atoms with Crippen molar-refractivity contribution in [1.29, 1.82) is 5.26 Å². The summed E-state index contributed by atoms with van der Waals surface area (Å²) in [6, 6.07) is 1.42. The molecule has 0 aliphatic carbocycles. The maximum absolute atomic E-state index is 12.2. The summed E-state index contributed by atoms with van der Waals surface area (Å²) in [7, 11) is 0. The summed E-state index contributed by atoms with van der Waals surface area (Å²) in [6.07, 6.45) is -4.20. The number of anilines is 1. The van der Waals surface area contributed by atoms with Gasteiger partial charge in [-0.2, -0.15) is 5.26 Å². The third kappa shape index (κ3) is 3.48. The molecule has 0 radical (unpaired) electrons. The van der Waals surface area contributed by atoms with Gasteiger partial charge in [-0.25, -0.2) is 9.78 Å². The lowest BCUT2D eigenvalue weighted by Gasteiger charge is -2.13. The first-order valence-electron chi connectivity index (χ1n) is 4.91. The first-order valence-corrected chi connectivity index (χ1v) is 4.91. The second kappa shape index (κ2) is 5.43. The quantitative estimate of drug-likeness (QED) is 0.841. The number of esters is 1. The summed E-state index contributed by atoms with van der Waals surface area (Å²) in [4.78, 5) is 14.8. The van der Waals surface area contributed by atoms with E-state index in [-0.39, 0.29) is 6.61 Å². The van der Waals surface area contributed by atoms with E-state index in [1.54, 1.807) is 0 Å². The summed E-state index contributed by atoms with van der Waals surface area (Å²) < 4.78 is 44.8. The number of alkyl halides is 3. The molecule has 1 aromatic rings. The number of nitriles is 1. The zero-order valence-corrected chi connectivity index (χ0v) is 9.61. The lowest BCUT2D eigenvalue weighted by Crippen LogP contribution is -2.20. The van der Waals surface area contributed by atoms with E-state index in [0.29, 0.717) is 0 Å². The van der Waals surface area contributed by atoms with Gasteiger partial charge in [-0.05, 0) is 6.92 Å². The molecule has 0 saturated heterocycles. The van der Waals surface area contributed by atoms with Crippen molar-refractivity contribution in [2.45, 2.75) is 13.3 Å². The highest BCUT2D eigenvalue weighted by atomic mass is 19.4. The molecule has 1 heterocycles. The number of carbonyl (C=O) groups is 1. The van der Waals surface area contributed by atoms with Crippen LogP contribution in [-0.2, 0) is 4.74 Å². The molecule has 0 amide bonds. The van der Waals surface area contributed by atoms with E-state index in [1.807, 2.05) is 0 Å². The van der Waals surface area contributed by atoms with E-state index in [9.17, 15) is 18.0 Å². The molecule has 0 aromatic carbocycles. The van der Waals surface area contributed by atoms with Crippen LogP contribution in [0.1, 0.15) is 22.8 Å². The third-order valence-corrected chi connectivity index (χ3v) is 1.89. The van der Waals surface area contributed by atoms with Crippen molar-refractivity contribution in [2.75, 3.05) is 12.3 Å². The van der Waals surface area contributed by atoms with Gasteiger partial charge in [0, 0.05) is 6.20 Å². The SMILES string of the molecule is CCOC(=O)c1cnc(N)c(OC(F)(F)F)c1C#N. The summed E-state index contributed by atoms with van der Waals surface area (Å²) in [5.74, 6) is -2.65. The minimum Gasteiger partial charge on any atom is -0.462 e. The maximum atomic E-state index is 12.2. The van der Waals surface area contributed by atoms with Crippen molar-refractivity contribution in [3.05, 3.63) is 17.3 Å². The average Bonchev–Trinajstić information content (AvgIpc) is 2.30. The molecule has 102 valence electrons. The lowest BCUT2D eigenvalue weighted by atomic mass is 10.1. The molecule has 0 fully saturated rings. The monoisotopic (exact) mass is 275 g/mol. The first-order chi connectivity index (χ1) is 8.80. The molecule has 1 rings (SSSR count). The molecule has 1 aromatic heterocycles. The van der Waals surface area contributed by atoms with Crippen LogP contribution < -0.4 is 10.5 Å². The molecule has 0 spiro atoms. The zero-order chi connectivity index (χ0) is 14.6. The van der Waals surface area contributed by atoms with Gasteiger partial charge in [0.05, 0.1) is 12.2 Å². The van der Waals surface area contributed by atoms with Crippen LogP contribution in [0.2, 0.25) is 0 Å². The van der Waals surface area contributed by atoms with Gasteiger partial charge in [-0.1, -0.05) is 0 Å². The van der Waals surface area contributed by atoms with Crippen LogP contribution in [0.25, 0.3) is 0 Å². The number of nitrogen functional groups attached to an aromatic ring is 1. The molecule has 0 aliphatic rings. The number of nitrogens with two attached hydrogens (primary N) is 1. The van der Waals surface area contributed by atoms with E-state index in [1.165, 1.54) is 13.0 Å². The Labute approximate surface area is 105 Å². The number of rotatable bonds is 3. The van der Waals surface area contributed by atoms with Gasteiger partial charge in [0.1, 0.15) is 11.6 Å². The summed E-state index contributed by atoms with van der Waals surface area (Å²) >= 11 is 0. The molecule has 2 N–H and O–H groups in total. The average molecular weight is 275 g/mol. The molecule has 0 bridgehead atoms. The van der Waals surface area contributed by atoms with E-state index in [4.69, 9.17) is 11.0 Å². The normalized spacial score (nSPS) is 10.7. The molecule has 0 aliphatic heterocycles. The van der Waals surface area contributed by atoms with Gasteiger partial charge in [0.2, 0.25) is 0 Å². The lowest BCUT2D eigenvalue weighted by molar-refractivity contribution is -0.274. The van der Waals surface area contributed by atoms with Gasteiger partial charge in [0.15, 0.2) is 11.6 Å². The molecule has 19 heavy (non-hydrogen) atoms. The summed E-state index contributed by atoms with van der Waals surface area (Å²) in [5, 5.41) is 8.85. The molecule has 6 nitrogen and oxygen atoms in total. The largest absolute Gasteiger partial charge is 0.573 e. The van der Waals surface area contributed by atoms with E-state index < -0.39 is 35.0 Å². The predicted molar refractivity (Wildman–Crippen MR) is 56.0 cm³/mol. The van der Waals surface area contributed by atoms with Crippen LogP contribution in [-0.4, -0.2) is 23.9 Å². The number of hydrogen-bond donors (Lipinski definition) is 1. The van der Waals surface area contributed by atoms with Gasteiger partial charge in [-0.15, -0.1) is 13.2 Å². The van der Waals surface area contributed by atoms with Gasteiger partial charge in [0.25, 0.3) is 0 Å². The van der Waals surface area contributed by atoms with Crippen LogP contribution in [0.3, 0.4) is 0 Å². The minimum absolute atomic E-state index is 0.0104. The molecule has 0 unspecified atom stereocenters. The van der Waals surface area contributed by atoms with Crippen molar-refractivity contribution in [1.82, 2.24) is 4.98 Å². The second-order valence-corrected chi connectivity index (χ2v) is 3.14. The minimum atomic E-state index is -5.06. The van der Waals surface area contributed by atoms with Crippen LogP contribution in [0.5, 0.6) is 5.75 Å². The Balaban J connectivity index is 3.34. The van der Waals surface area contributed by atoms with Crippen LogP contribution in [0.4, 0.5) is 19.0 Å². The number of aromatic nitrogens is 1. The fourth-order valence-corrected chi connectivity index (χ4v) is 1.20. The topological polar surface area (TPSA) is 98.2 Å². The Bertz CT molecular complexity index is 537. The van der Waals surface area contributed by atoms with Crippen molar-refractivity contribution in [2.24, 2.45) is 0 Å². The molecule has 0 saturated carbocycles. The first kappa shape index (κ1) is 14.6. The van der Waals surface area contributed by atoms with E-state index >= 15 is 0 Å². The Kier molecular flexibility index (Phi) is 4.16. The van der Waals surface area contributed by atoms with Gasteiger partial charge >= 0.3 is 12.3 Å². The Morgan fingerprint density at radius 3 is 2.68 bits per heavy atom. The predicted octanol–water partition coefficient (Wildman–Crippen LogP) is 1.61. The standard InChI is InChI=1S/C10H8F3N3O3/c1-2-18-9(17)6-4-16-8(15)7(5(6)3-14)19-10(11,12)13/h4H,2H2,1H3,(H2,15,16). The molecule has 9 heteroatoms. The van der Waals surface area contributed by atoms with E-state index in [0.717, 1.165) is 6.20 Å². The Morgan fingerprint density at radius 1 is 1.58 bits per heavy atom. The third-order valence-electron chi connectivity index (χ3n) is 1.89. The van der Waals surface area contributed by atoms with Gasteiger partial charge < -0.3 is 15.2 Å². The highest BCUT2D eigenvalue weighted by molar-refractivity contribution is 5.93. The Morgan fingerprint density at radius 2 is 2.21 bits per heavy atom. The van der Waals surface area contributed by atoms with Gasteiger partial charge in [-0.3, -0.25) is 0 Å². The highest BCUT2D eigenvalue weighted by Crippen LogP contribution is 2.32. The second-order valence-electron chi connectivity index (χ2n) is 3.14. The number of nitrogens with zero attached hydrogens (tertiary/aromatic N) is 2. The molecule has 0 atom stereocenters. The maximum Gasteiger partial charge on any atom is 0.573 e. The number of hydrogen-bond acceptors (Lipinski definition) is 6. The van der Waals surface area contributed by atoms with Crippen LogP contribution in [0, 0.1) is 11.3 Å². The van der Waals surface area contributed by atoms with E-state index in [2.05, 4.69) is 14.5 Å². The fraction of sp³-hybridized carbons (Fsp3) is 0.300. The fourth-order valence-electron chi connectivity index (χ4n) is 1.20. The van der Waals surface area contributed by atoms with Crippen molar-refractivity contribution < 1.29 is 27.4 Å². The highest BCUT2D eigenvalue weighted by Gasteiger charge is 2.35. The van der Waals surface area contributed by atoms with Crippen molar-refractivity contribution >= 4 is 11.8 Å². The molecular formula is C10H8F3N3O3. The van der Waals surface area contributed by atoms with Crippen LogP contribution in [0.15, 0.2) is 6.20 Å². The Hall–Kier alpha value is -2.50.